The van der Waals surface area contributed by atoms with Crippen molar-refractivity contribution in [2.24, 2.45) is 0 Å². The summed E-state index contributed by atoms with van der Waals surface area (Å²) in [4.78, 5) is 17.1. The van der Waals surface area contributed by atoms with Gasteiger partial charge in [-0.2, -0.15) is 14.6 Å². The molecule has 0 saturated carbocycles. The van der Waals surface area contributed by atoms with E-state index in [9.17, 15) is 4.79 Å². The number of aryl methyl sites for hydroxylation is 1. The molecule has 4 aromatic rings. The number of fused-ring (bicyclic) bond motifs is 3. The second kappa shape index (κ2) is 4.28. The molecule has 0 N–H and O–H groups in total. The van der Waals surface area contributed by atoms with Gasteiger partial charge in [-0.3, -0.25) is 4.79 Å². The van der Waals surface area contributed by atoms with Gasteiger partial charge in [-0.25, -0.2) is 4.57 Å². The van der Waals surface area contributed by atoms with Crippen LogP contribution in [0.15, 0.2) is 59.7 Å². The molecule has 102 valence electrons. The summed E-state index contributed by atoms with van der Waals surface area (Å²) in [6, 6.07) is 15.2. The van der Waals surface area contributed by atoms with Crippen molar-refractivity contribution in [2.45, 2.75) is 6.92 Å². The van der Waals surface area contributed by atoms with Gasteiger partial charge in [0.05, 0.1) is 16.6 Å². The molecule has 0 aliphatic rings. The normalized spacial score (nSPS) is 11.3. The molecule has 2 aromatic heterocycles. The van der Waals surface area contributed by atoms with Crippen LogP contribution in [0.1, 0.15) is 5.56 Å². The summed E-state index contributed by atoms with van der Waals surface area (Å²) in [7, 11) is 0. The average molecular weight is 276 g/mol. The summed E-state index contributed by atoms with van der Waals surface area (Å²) in [5.41, 5.74) is 2.60. The minimum Gasteiger partial charge on any atom is -0.268 e. The zero-order valence-electron chi connectivity index (χ0n) is 11.4. The Bertz CT molecular complexity index is 1010. The number of benzene rings is 2. The van der Waals surface area contributed by atoms with Crippen molar-refractivity contribution in [2.75, 3.05) is 0 Å². The van der Waals surface area contributed by atoms with Gasteiger partial charge in [0.15, 0.2) is 0 Å². The first-order chi connectivity index (χ1) is 10.3. The smallest absolute Gasteiger partial charge is 0.267 e. The molecule has 0 bridgehead atoms. The average Bonchev–Trinajstić information content (AvgIpc) is 2.99. The van der Waals surface area contributed by atoms with Crippen LogP contribution in [0.25, 0.3) is 22.4 Å². The number of hydrogen-bond acceptors (Lipinski definition) is 3. The van der Waals surface area contributed by atoms with E-state index in [1.165, 1.54) is 6.33 Å². The highest BCUT2D eigenvalue weighted by Gasteiger charge is 2.13. The lowest BCUT2D eigenvalue weighted by molar-refractivity contribution is 0.917. The Labute approximate surface area is 120 Å². The molecule has 2 aromatic carbocycles. The molecule has 0 saturated heterocycles. The third kappa shape index (κ3) is 1.67. The van der Waals surface area contributed by atoms with Crippen molar-refractivity contribution < 1.29 is 0 Å². The van der Waals surface area contributed by atoms with E-state index in [0.717, 1.165) is 16.8 Å². The molecule has 0 radical (unpaired) electrons. The van der Waals surface area contributed by atoms with Crippen LogP contribution in [-0.4, -0.2) is 19.2 Å². The molecule has 21 heavy (non-hydrogen) atoms. The SMILES string of the molecule is Cc1ccc(-n2c(=O)c3ccccc3n3ncnc23)cc1. The van der Waals surface area contributed by atoms with E-state index >= 15 is 0 Å². The van der Waals surface area contributed by atoms with Crippen molar-refractivity contribution in [3.8, 4) is 5.69 Å². The zero-order valence-corrected chi connectivity index (χ0v) is 11.4. The predicted molar refractivity (Wildman–Crippen MR) is 80.8 cm³/mol. The second-order valence-corrected chi connectivity index (χ2v) is 4.97. The highest BCUT2D eigenvalue weighted by atomic mass is 16.1. The lowest BCUT2D eigenvalue weighted by Crippen LogP contribution is -2.21. The van der Waals surface area contributed by atoms with Gasteiger partial charge in [-0.05, 0) is 31.2 Å². The maximum atomic E-state index is 12.8. The van der Waals surface area contributed by atoms with Crippen LogP contribution in [0.5, 0.6) is 0 Å². The summed E-state index contributed by atoms with van der Waals surface area (Å²) in [6.45, 7) is 2.01. The molecule has 4 rings (SSSR count). The van der Waals surface area contributed by atoms with E-state index < -0.39 is 0 Å². The van der Waals surface area contributed by atoms with Crippen molar-refractivity contribution in [1.82, 2.24) is 19.2 Å². The summed E-state index contributed by atoms with van der Waals surface area (Å²) in [5, 5.41) is 4.86. The molecule has 0 atom stereocenters. The Morgan fingerprint density at radius 2 is 1.76 bits per heavy atom. The third-order valence-electron chi connectivity index (χ3n) is 3.59. The van der Waals surface area contributed by atoms with Crippen LogP contribution in [0.4, 0.5) is 0 Å². The van der Waals surface area contributed by atoms with Gasteiger partial charge in [0, 0.05) is 0 Å². The fourth-order valence-corrected chi connectivity index (χ4v) is 2.53. The largest absolute Gasteiger partial charge is 0.268 e. The molecule has 0 aliphatic carbocycles. The highest BCUT2D eigenvalue weighted by Crippen LogP contribution is 2.15. The molecule has 5 nitrogen and oxygen atoms in total. The van der Waals surface area contributed by atoms with Crippen molar-refractivity contribution in [1.29, 1.82) is 0 Å². The van der Waals surface area contributed by atoms with Gasteiger partial charge in [0.25, 0.3) is 5.56 Å². The van der Waals surface area contributed by atoms with E-state index in [2.05, 4.69) is 10.1 Å². The van der Waals surface area contributed by atoms with E-state index in [0.29, 0.717) is 11.2 Å². The van der Waals surface area contributed by atoms with Gasteiger partial charge >= 0.3 is 0 Å². The Hall–Kier alpha value is -2.95. The van der Waals surface area contributed by atoms with Crippen LogP contribution in [0, 0.1) is 6.92 Å². The highest BCUT2D eigenvalue weighted by molar-refractivity contribution is 5.80. The molecular formula is C16H12N4O. The molecule has 0 spiro atoms. The standard InChI is InChI=1S/C16H12N4O/c1-11-6-8-12(9-7-11)19-15(21)13-4-2-3-5-14(13)20-16(19)17-10-18-20/h2-10H,1H3. The molecule has 5 heteroatoms. The Kier molecular flexibility index (Phi) is 2.41. The van der Waals surface area contributed by atoms with E-state index in [-0.39, 0.29) is 5.56 Å². The van der Waals surface area contributed by atoms with E-state index in [1.54, 1.807) is 9.08 Å². The van der Waals surface area contributed by atoms with Crippen LogP contribution in [0.2, 0.25) is 0 Å². The maximum Gasteiger partial charge on any atom is 0.267 e. The van der Waals surface area contributed by atoms with Crippen LogP contribution in [-0.2, 0) is 0 Å². The summed E-state index contributed by atoms with van der Waals surface area (Å²) < 4.78 is 3.28. The van der Waals surface area contributed by atoms with Crippen molar-refractivity contribution in [3.05, 3.63) is 70.8 Å². The molecular weight excluding hydrogens is 264 g/mol. The van der Waals surface area contributed by atoms with Gasteiger partial charge in [-0.15, -0.1) is 0 Å². The zero-order chi connectivity index (χ0) is 14.4. The van der Waals surface area contributed by atoms with Gasteiger partial charge < -0.3 is 0 Å². The first-order valence-electron chi connectivity index (χ1n) is 6.66. The third-order valence-corrected chi connectivity index (χ3v) is 3.59. The van der Waals surface area contributed by atoms with Crippen molar-refractivity contribution in [3.63, 3.8) is 0 Å². The second-order valence-electron chi connectivity index (χ2n) is 4.97. The maximum absolute atomic E-state index is 12.8. The Morgan fingerprint density at radius 1 is 1.00 bits per heavy atom. The molecule has 0 aliphatic heterocycles. The van der Waals surface area contributed by atoms with Crippen LogP contribution in [0.3, 0.4) is 0 Å². The van der Waals surface area contributed by atoms with Gasteiger partial charge in [0.2, 0.25) is 5.78 Å². The number of rotatable bonds is 1. The lowest BCUT2D eigenvalue weighted by atomic mass is 10.2. The first-order valence-corrected chi connectivity index (χ1v) is 6.66. The van der Waals surface area contributed by atoms with Crippen LogP contribution < -0.4 is 5.56 Å². The first kappa shape index (κ1) is 11.8. The predicted octanol–water partition coefficient (Wildman–Crippen LogP) is 2.34. The fourth-order valence-electron chi connectivity index (χ4n) is 2.53. The van der Waals surface area contributed by atoms with Gasteiger partial charge in [-0.1, -0.05) is 29.8 Å². The fraction of sp³-hybridized carbons (Fsp3) is 0.0625. The van der Waals surface area contributed by atoms with Crippen molar-refractivity contribution >= 4 is 16.7 Å². The Balaban J connectivity index is 2.21. The number of nitrogens with zero attached hydrogens (tertiary/aromatic N) is 4. The van der Waals surface area contributed by atoms with Crippen LogP contribution >= 0.6 is 0 Å². The van der Waals surface area contributed by atoms with E-state index in [1.807, 2.05) is 55.5 Å². The minimum absolute atomic E-state index is 0.0880. The minimum atomic E-state index is -0.0880. The number of aromatic nitrogens is 4. The number of hydrogen-bond donors (Lipinski definition) is 0. The summed E-state index contributed by atoms with van der Waals surface area (Å²) in [6.07, 6.45) is 1.46. The monoisotopic (exact) mass is 276 g/mol. The molecule has 0 fully saturated rings. The molecule has 0 amide bonds. The number of para-hydroxylation sites is 1. The molecule has 2 heterocycles. The summed E-state index contributed by atoms with van der Waals surface area (Å²) in [5.74, 6) is 0.516. The molecule has 0 unspecified atom stereocenters. The lowest BCUT2D eigenvalue weighted by Gasteiger charge is -2.09. The quantitative estimate of drug-likeness (QED) is 0.536. The summed E-state index contributed by atoms with van der Waals surface area (Å²) >= 11 is 0. The Morgan fingerprint density at radius 3 is 2.57 bits per heavy atom. The van der Waals surface area contributed by atoms with E-state index in [4.69, 9.17) is 0 Å². The topological polar surface area (TPSA) is 52.2 Å². The van der Waals surface area contributed by atoms with Gasteiger partial charge in [0.1, 0.15) is 6.33 Å².